The third kappa shape index (κ3) is 7.03. The summed E-state index contributed by atoms with van der Waals surface area (Å²) in [6.45, 7) is 10.4. The van der Waals surface area contributed by atoms with Gasteiger partial charge in [-0.1, -0.05) is 20.8 Å². The highest BCUT2D eigenvalue weighted by molar-refractivity contribution is 5.72. The van der Waals surface area contributed by atoms with Gasteiger partial charge in [0.1, 0.15) is 12.7 Å². The highest BCUT2D eigenvalue weighted by atomic mass is 16.6. The zero-order valence-electron chi connectivity index (χ0n) is 25.3. The number of esters is 1. The Kier molecular flexibility index (Phi) is 10.6. The van der Waals surface area contributed by atoms with Gasteiger partial charge in [0.05, 0.1) is 19.8 Å². The second-order valence-corrected chi connectivity index (χ2v) is 13.8. The van der Waals surface area contributed by atoms with Gasteiger partial charge in [-0.05, 0) is 111 Å². The van der Waals surface area contributed by atoms with Crippen LogP contribution in [0.1, 0.15) is 98.3 Å². The fourth-order valence-electron chi connectivity index (χ4n) is 9.75. The third-order valence-electron chi connectivity index (χ3n) is 11.7. The Balaban J connectivity index is 1.22. The van der Waals surface area contributed by atoms with Crippen molar-refractivity contribution in [3.63, 3.8) is 0 Å². The number of hydrogen-bond acceptors (Lipinski definition) is 6. The number of nitrogens with one attached hydrogen (secondary N) is 1. The molecule has 0 spiro atoms. The Labute approximate surface area is 240 Å². The molecule has 4 aliphatic rings. The van der Waals surface area contributed by atoms with Crippen LogP contribution >= 0.6 is 0 Å². The van der Waals surface area contributed by atoms with E-state index in [4.69, 9.17) is 14.2 Å². The predicted molar refractivity (Wildman–Crippen MR) is 151 cm³/mol. The Bertz CT molecular complexity index is 894. The second-order valence-electron chi connectivity index (χ2n) is 13.8. The molecule has 8 nitrogen and oxygen atoms in total. The number of amides is 1. The smallest absolute Gasteiger partial charge is 0.332 e. The number of rotatable bonds is 13. The standard InChI is InChI=1S/C32H53NO7/c1-21(5-10-29(35)36)26-8-9-27-25-7-6-23-19-24(11-13-31(23,3)28(25)12-14-32(26,27)4)40-30(37)20-39-18-17-38-16-15-33-22(2)34/h21,23-28H,5-20H2,1-4H3,(H,33,34)(H,35,36)/t21-,23-,24+,25+,26-,27+,28+,31+,32-/m1/s1. The van der Waals surface area contributed by atoms with E-state index < -0.39 is 5.97 Å². The van der Waals surface area contributed by atoms with Crippen molar-refractivity contribution in [2.45, 2.75) is 104 Å². The molecule has 9 atom stereocenters. The summed E-state index contributed by atoms with van der Waals surface area (Å²) in [7, 11) is 0. The molecule has 40 heavy (non-hydrogen) atoms. The molecule has 0 aromatic heterocycles. The van der Waals surface area contributed by atoms with E-state index in [2.05, 4.69) is 26.1 Å². The number of ether oxygens (including phenoxy) is 3. The Hall–Kier alpha value is -1.67. The first-order valence-electron chi connectivity index (χ1n) is 15.9. The SMILES string of the molecule is CC(=O)NCCOCCOCC(=O)O[C@H]1CC[C@@]2(C)[C@H](CC[C@@H]3[C@@H]2CC[C@]2(C)[C@@H]([C@H](C)CCC(=O)O)CC[C@@H]32)C1. The molecule has 4 aliphatic carbocycles. The average Bonchev–Trinajstić information content (AvgIpc) is 3.26. The van der Waals surface area contributed by atoms with Crippen LogP contribution in [-0.2, 0) is 28.6 Å². The fourth-order valence-corrected chi connectivity index (χ4v) is 9.75. The molecule has 0 heterocycles. The van der Waals surface area contributed by atoms with E-state index in [0.717, 1.165) is 43.4 Å². The lowest BCUT2D eigenvalue weighted by Crippen LogP contribution is -2.54. The summed E-state index contributed by atoms with van der Waals surface area (Å²) in [5.74, 6) is 3.00. The van der Waals surface area contributed by atoms with Gasteiger partial charge in [0.25, 0.3) is 0 Å². The summed E-state index contributed by atoms with van der Waals surface area (Å²) in [5, 5.41) is 11.9. The first kappa shape index (κ1) is 31.3. The minimum atomic E-state index is -0.670. The summed E-state index contributed by atoms with van der Waals surface area (Å²) in [5.41, 5.74) is 0.677. The summed E-state index contributed by atoms with van der Waals surface area (Å²) in [4.78, 5) is 34.5. The Morgan fingerprint density at radius 2 is 1.65 bits per heavy atom. The van der Waals surface area contributed by atoms with Crippen molar-refractivity contribution in [2.24, 2.45) is 46.3 Å². The second kappa shape index (κ2) is 13.5. The molecule has 8 heteroatoms. The number of carboxylic acid groups (broad SMARTS) is 1. The maximum Gasteiger partial charge on any atom is 0.332 e. The summed E-state index contributed by atoms with van der Waals surface area (Å²) >= 11 is 0. The van der Waals surface area contributed by atoms with Crippen molar-refractivity contribution in [2.75, 3.05) is 33.0 Å². The topological polar surface area (TPSA) is 111 Å². The van der Waals surface area contributed by atoms with E-state index in [9.17, 15) is 19.5 Å². The van der Waals surface area contributed by atoms with Crippen LogP contribution < -0.4 is 5.32 Å². The van der Waals surface area contributed by atoms with Gasteiger partial charge in [-0.3, -0.25) is 9.59 Å². The van der Waals surface area contributed by atoms with Crippen LogP contribution in [0.25, 0.3) is 0 Å². The molecule has 0 bridgehead atoms. The lowest BCUT2D eigenvalue weighted by Gasteiger charge is -2.61. The Morgan fingerprint density at radius 1 is 0.925 bits per heavy atom. The molecule has 0 radical (unpaired) electrons. The van der Waals surface area contributed by atoms with Gasteiger partial charge in [-0.15, -0.1) is 0 Å². The molecule has 4 saturated carbocycles. The van der Waals surface area contributed by atoms with E-state index in [1.807, 2.05) is 0 Å². The number of carboxylic acids is 1. The van der Waals surface area contributed by atoms with Crippen LogP contribution in [0.4, 0.5) is 0 Å². The average molecular weight is 564 g/mol. The molecule has 4 fully saturated rings. The highest BCUT2D eigenvalue weighted by Crippen LogP contribution is 2.68. The molecule has 228 valence electrons. The molecule has 0 aromatic rings. The quantitative estimate of drug-likeness (QED) is 0.233. The number of carbonyl (C=O) groups excluding carboxylic acids is 2. The normalized spacial score (nSPS) is 37.5. The summed E-state index contributed by atoms with van der Waals surface area (Å²) in [6, 6.07) is 0. The number of aliphatic carboxylic acids is 1. The zero-order chi connectivity index (χ0) is 28.9. The van der Waals surface area contributed by atoms with Gasteiger partial charge in [0.2, 0.25) is 5.91 Å². The number of hydrogen-bond donors (Lipinski definition) is 2. The molecule has 4 rings (SSSR count). The van der Waals surface area contributed by atoms with E-state index in [0.29, 0.717) is 54.9 Å². The van der Waals surface area contributed by atoms with Gasteiger partial charge < -0.3 is 24.6 Å². The number of fused-ring (bicyclic) bond motifs is 5. The van der Waals surface area contributed by atoms with Gasteiger partial charge in [-0.25, -0.2) is 4.79 Å². The third-order valence-corrected chi connectivity index (χ3v) is 11.7. The van der Waals surface area contributed by atoms with Crippen molar-refractivity contribution >= 4 is 17.8 Å². The molecule has 0 saturated heterocycles. The maximum atomic E-state index is 12.5. The van der Waals surface area contributed by atoms with Gasteiger partial charge >= 0.3 is 11.9 Å². The van der Waals surface area contributed by atoms with Crippen LogP contribution in [0.2, 0.25) is 0 Å². The van der Waals surface area contributed by atoms with Crippen LogP contribution in [0, 0.1) is 46.3 Å². The van der Waals surface area contributed by atoms with Gasteiger partial charge in [-0.2, -0.15) is 0 Å². The van der Waals surface area contributed by atoms with Crippen molar-refractivity contribution < 1.29 is 33.7 Å². The minimum Gasteiger partial charge on any atom is -0.481 e. The fraction of sp³-hybridized carbons (Fsp3) is 0.906. The van der Waals surface area contributed by atoms with Crippen molar-refractivity contribution in [1.82, 2.24) is 5.32 Å². The summed E-state index contributed by atoms with van der Waals surface area (Å²) in [6.07, 6.45) is 11.7. The van der Waals surface area contributed by atoms with Crippen molar-refractivity contribution in [3.8, 4) is 0 Å². The maximum absolute atomic E-state index is 12.5. The molecule has 2 N–H and O–H groups in total. The molecule has 0 aliphatic heterocycles. The largest absolute Gasteiger partial charge is 0.481 e. The van der Waals surface area contributed by atoms with Crippen LogP contribution in [0.5, 0.6) is 0 Å². The highest BCUT2D eigenvalue weighted by Gasteiger charge is 2.60. The van der Waals surface area contributed by atoms with Crippen LogP contribution in [-0.4, -0.2) is 62.0 Å². The van der Waals surface area contributed by atoms with E-state index >= 15 is 0 Å². The van der Waals surface area contributed by atoms with E-state index in [1.165, 1.54) is 45.4 Å². The van der Waals surface area contributed by atoms with Gasteiger partial charge in [0.15, 0.2) is 0 Å². The Morgan fingerprint density at radius 3 is 2.40 bits per heavy atom. The predicted octanol–water partition coefficient (Wildman–Crippen LogP) is 5.23. The molecular formula is C32H53NO7. The first-order chi connectivity index (χ1) is 19.0. The van der Waals surface area contributed by atoms with Crippen LogP contribution in [0.15, 0.2) is 0 Å². The first-order valence-corrected chi connectivity index (χ1v) is 15.9. The molecule has 0 aromatic carbocycles. The molecular weight excluding hydrogens is 510 g/mol. The molecule has 1 amide bonds. The van der Waals surface area contributed by atoms with E-state index in [-0.39, 0.29) is 31.0 Å². The lowest BCUT2D eigenvalue weighted by atomic mass is 9.44. The monoisotopic (exact) mass is 563 g/mol. The van der Waals surface area contributed by atoms with Crippen molar-refractivity contribution in [1.29, 1.82) is 0 Å². The minimum absolute atomic E-state index is 0.0144. The lowest BCUT2D eigenvalue weighted by molar-refractivity contribution is -0.167. The zero-order valence-corrected chi connectivity index (χ0v) is 25.3. The molecule has 0 unspecified atom stereocenters. The number of carbonyl (C=O) groups is 3. The van der Waals surface area contributed by atoms with Crippen LogP contribution in [0.3, 0.4) is 0 Å². The summed E-state index contributed by atoms with van der Waals surface area (Å²) < 4.78 is 16.7. The van der Waals surface area contributed by atoms with E-state index in [1.54, 1.807) is 0 Å². The van der Waals surface area contributed by atoms with Gasteiger partial charge in [0, 0.05) is 19.9 Å². The van der Waals surface area contributed by atoms with Crippen molar-refractivity contribution in [3.05, 3.63) is 0 Å².